The minimum atomic E-state index is -0.329. The number of likely N-dealkylation sites (tertiary alicyclic amines) is 2. The van der Waals surface area contributed by atoms with Gasteiger partial charge in [-0.1, -0.05) is 6.07 Å². The van der Waals surface area contributed by atoms with Crippen LogP contribution in [0.5, 0.6) is 5.75 Å². The Labute approximate surface area is 168 Å². The maximum atomic E-state index is 12.8. The maximum absolute atomic E-state index is 12.8. The summed E-state index contributed by atoms with van der Waals surface area (Å²) in [4.78, 5) is 29.3. The Hall–Kier alpha value is -2.08. The van der Waals surface area contributed by atoms with Crippen molar-refractivity contribution in [3.8, 4) is 5.75 Å². The van der Waals surface area contributed by atoms with Crippen molar-refractivity contribution >= 4 is 17.5 Å². The van der Waals surface area contributed by atoms with Crippen molar-refractivity contribution in [3.05, 3.63) is 23.8 Å². The van der Waals surface area contributed by atoms with Gasteiger partial charge in [0, 0.05) is 25.0 Å². The Kier molecular flexibility index (Phi) is 6.28. The van der Waals surface area contributed by atoms with Gasteiger partial charge in [-0.3, -0.25) is 14.5 Å². The summed E-state index contributed by atoms with van der Waals surface area (Å²) in [7, 11) is 0. The Morgan fingerprint density at radius 3 is 2.61 bits per heavy atom. The van der Waals surface area contributed by atoms with E-state index >= 15 is 0 Å². The van der Waals surface area contributed by atoms with E-state index in [2.05, 4.69) is 10.2 Å². The number of ether oxygens (including phenoxy) is 1. The first-order chi connectivity index (χ1) is 13.2. The molecule has 2 amide bonds. The first kappa shape index (κ1) is 20.6. The van der Waals surface area contributed by atoms with Gasteiger partial charge in [0.05, 0.1) is 11.6 Å². The second-order valence-corrected chi connectivity index (χ2v) is 8.96. The molecule has 2 fully saturated rings. The molecule has 0 aliphatic carbocycles. The maximum Gasteiger partial charge on any atom is 0.229 e. The number of rotatable bonds is 6. The molecule has 0 saturated carbocycles. The summed E-state index contributed by atoms with van der Waals surface area (Å²) in [5, 5.41) is 3.01. The highest BCUT2D eigenvalue weighted by molar-refractivity contribution is 5.98. The van der Waals surface area contributed by atoms with Crippen LogP contribution in [0.25, 0.3) is 0 Å². The number of hydrogen-bond donors (Lipinski definition) is 1. The van der Waals surface area contributed by atoms with Crippen LogP contribution in [0, 0.1) is 12.8 Å². The number of benzene rings is 1. The van der Waals surface area contributed by atoms with E-state index in [-0.39, 0.29) is 29.7 Å². The van der Waals surface area contributed by atoms with Crippen LogP contribution in [-0.2, 0) is 9.59 Å². The van der Waals surface area contributed by atoms with E-state index < -0.39 is 0 Å². The summed E-state index contributed by atoms with van der Waals surface area (Å²) < 4.78 is 5.98. The summed E-state index contributed by atoms with van der Waals surface area (Å²) in [6.07, 6.45) is 2.79. The summed E-state index contributed by atoms with van der Waals surface area (Å²) in [6.45, 7) is 12.2. The zero-order chi connectivity index (χ0) is 20.3. The molecule has 1 aromatic rings. The molecule has 28 heavy (non-hydrogen) atoms. The lowest BCUT2D eigenvalue weighted by Crippen LogP contribution is -2.42. The van der Waals surface area contributed by atoms with Crippen molar-refractivity contribution in [1.82, 2.24) is 9.80 Å². The molecule has 1 N–H and O–H groups in total. The molecule has 6 heteroatoms. The lowest BCUT2D eigenvalue weighted by atomic mass is 10.1. The van der Waals surface area contributed by atoms with Gasteiger partial charge in [-0.15, -0.1) is 0 Å². The molecule has 0 unspecified atom stereocenters. The van der Waals surface area contributed by atoms with Gasteiger partial charge in [0.2, 0.25) is 11.8 Å². The fourth-order valence-electron chi connectivity index (χ4n) is 3.92. The van der Waals surface area contributed by atoms with E-state index in [0.29, 0.717) is 24.6 Å². The molecular weight excluding hydrogens is 354 g/mol. The molecule has 0 radical (unpaired) electrons. The zero-order valence-corrected chi connectivity index (χ0v) is 17.6. The highest BCUT2D eigenvalue weighted by Gasteiger charge is 2.39. The summed E-state index contributed by atoms with van der Waals surface area (Å²) in [6, 6.07) is 5.83. The summed E-state index contributed by atoms with van der Waals surface area (Å²) in [5.41, 5.74) is 1.48. The quantitative estimate of drug-likeness (QED) is 0.815. The molecule has 0 bridgehead atoms. The standard InChI is InChI=1S/C22H33N3O3/c1-16-7-8-19(28-12-11-24-9-5-6-10-24)18(13-16)23-21(27)17-14-20(26)25(15-17)22(2,3)4/h7-8,13,17H,5-6,9-12,14-15H2,1-4H3,(H,23,27)/t17-/m1/s1. The summed E-state index contributed by atoms with van der Waals surface area (Å²) in [5.74, 6) is 0.286. The van der Waals surface area contributed by atoms with Gasteiger partial charge in [-0.2, -0.15) is 0 Å². The highest BCUT2D eigenvalue weighted by atomic mass is 16.5. The molecule has 0 spiro atoms. The highest BCUT2D eigenvalue weighted by Crippen LogP contribution is 2.30. The van der Waals surface area contributed by atoms with E-state index in [0.717, 1.165) is 25.2 Å². The predicted octanol–water partition coefficient (Wildman–Crippen LogP) is 3.06. The average molecular weight is 388 g/mol. The minimum Gasteiger partial charge on any atom is -0.490 e. The van der Waals surface area contributed by atoms with Gasteiger partial charge in [0.25, 0.3) is 0 Å². The molecule has 6 nitrogen and oxygen atoms in total. The van der Waals surface area contributed by atoms with Crippen molar-refractivity contribution in [2.75, 3.05) is 38.1 Å². The van der Waals surface area contributed by atoms with Crippen molar-refractivity contribution < 1.29 is 14.3 Å². The number of hydrogen-bond acceptors (Lipinski definition) is 4. The molecule has 1 atom stereocenters. The monoisotopic (exact) mass is 387 g/mol. The molecule has 1 aromatic carbocycles. The first-order valence-corrected chi connectivity index (χ1v) is 10.3. The van der Waals surface area contributed by atoms with Gasteiger partial charge in [0.1, 0.15) is 12.4 Å². The van der Waals surface area contributed by atoms with Gasteiger partial charge in [0.15, 0.2) is 0 Å². The molecule has 3 rings (SSSR count). The van der Waals surface area contributed by atoms with Crippen LogP contribution in [0.3, 0.4) is 0 Å². The topological polar surface area (TPSA) is 61.9 Å². The second-order valence-electron chi connectivity index (χ2n) is 8.96. The lowest BCUT2D eigenvalue weighted by molar-refractivity contribution is -0.131. The second kappa shape index (κ2) is 8.52. The SMILES string of the molecule is Cc1ccc(OCCN2CCCC2)c(NC(=O)[C@@H]2CC(=O)N(C(C)(C)C)C2)c1. The van der Waals surface area contributed by atoms with Crippen molar-refractivity contribution in [1.29, 1.82) is 0 Å². The Morgan fingerprint density at radius 2 is 1.96 bits per heavy atom. The number of nitrogens with zero attached hydrogens (tertiary/aromatic N) is 2. The van der Waals surface area contributed by atoms with Crippen molar-refractivity contribution in [2.24, 2.45) is 5.92 Å². The molecule has 2 aliphatic rings. The van der Waals surface area contributed by atoms with Gasteiger partial charge >= 0.3 is 0 Å². The Morgan fingerprint density at radius 1 is 1.25 bits per heavy atom. The molecule has 0 aromatic heterocycles. The van der Waals surface area contributed by atoms with Crippen molar-refractivity contribution in [3.63, 3.8) is 0 Å². The van der Waals surface area contributed by atoms with E-state index in [9.17, 15) is 9.59 Å². The largest absolute Gasteiger partial charge is 0.490 e. The van der Waals surface area contributed by atoms with Crippen LogP contribution >= 0.6 is 0 Å². The van der Waals surface area contributed by atoms with Crippen LogP contribution in [0.4, 0.5) is 5.69 Å². The van der Waals surface area contributed by atoms with Crippen LogP contribution < -0.4 is 10.1 Å². The van der Waals surface area contributed by atoms with Crippen molar-refractivity contribution in [2.45, 2.75) is 52.5 Å². The van der Waals surface area contributed by atoms with Gasteiger partial charge in [-0.05, 0) is 71.3 Å². The molecule has 2 saturated heterocycles. The first-order valence-electron chi connectivity index (χ1n) is 10.3. The lowest BCUT2D eigenvalue weighted by Gasteiger charge is -2.32. The van der Waals surface area contributed by atoms with E-state index in [1.165, 1.54) is 12.8 Å². The predicted molar refractivity (Wildman–Crippen MR) is 111 cm³/mol. The normalized spacial score (nSPS) is 20.6. The smallest absolute Gasteiger partial charge is 0.229 e. The number of aryl methyl sites for hydroxylation is 1. The average Bonchev–Trinajstić information content (AvgIpc) is 3.26. The summed E-state index contributed by atoms with van der Waals surface area (Å²) >= 11 is 0. The molecule has 154 valence electrons. The molecular formula is C22H33N3O3. The minimum absolute atomic E-state index is 0.0407. The number of amides is 2. The number of carbonyl (C=O) groups excluding carboxylic acids is 2. The number of carbonyl (C=O) groups is 2. The molecule has 2 heterocycles. The van der Waals surface area contributed by atoms with Gasteiger partial charge < -0.3 is 15.0 Å². The van der Waals surface area contributed by atoms with E-state index in [1.807, 2.05) is 45.9 Å². The fraction of sp³-hybridized carbons (Fsp3) is 0.636. The van der Waals surface area contributed by atoms with Crippen LogP contribution in [0.2, 0.25) is 0 Å². The zero-order valence-electron chi connectivity index (χ0n) is 17.6. The third-order valence-corrected chi connectivity index (χ3v) is 5.56. The van der Waals surface area contributed by atoms with Crippen LogP contribution in [0.1, 0.15) is 45.6 Å². The van der Waals surface area contributed by atoms with E-state index in [1.54, 1.807) is 4.90 Å². The number of anilines is 1. The molecule has 2 aliphatic heterocycles. The third kappa shape index (κ3) is 5.04. The van der Waals surface area contributed by atoms with Crippen LogP contribution in [0.15, 0.2) is 18.2 Å². The third-order valence-electron chi connectivity index (χ3n) is 5.56. The fourth-order valence-corrected chi connectivity index (χ4v) is 3.92. The van der Waals surface area contributed by atoms with Crippen LogP contribution in [-0.4, -0.2) is 59.9 Å². The Bertz CT molecular complexity index is 720. The van der Waals surface area contributed by atoms with E-state index in [4.69, 9.17) is 4.74 Å². The number of nitrogens with one attached hydrogen (secondary N) is 1. The Balaban J connectivity index is 1.62. The van der Waals surface area contributed by atoms with Gasteiger partial charge in [-0.25, -0.2) is 0 Å².